The molecule has 0 bridgehead atoms. The van der Waals surface area contributed by atoms with Crippen molar-refractivity contribution in [2.75, 3.05) is 5.73 Å². The normalized spacial score (nSPS) is 10.8. The Morgan fingerprint density at radius 3 is 2.92 bits per heavy atom. The van der Waals surface area contributed by atoms with Gasteiger partial charge in [0.2, 0.25) is 0 Å². The second kappa shape index (κ2) is 2.46. The van der Waals surface area contributed by atoms with Crippen LogP contribution in [0.5, 0.6) is 0 Å². The van der Waals surface area contributed by atoms with Crippen LogP contribution < -0.4 is 11.5 Å². The summed E-state index contributed by atoms with van der Waals surface area (Å²) < 4.78 is 1.57. The Bertz CT molecular complexity index is 405. The standard InChI is InChI=1S/C7H9N5/c8-4-6-10-7-3-1-2-5(9)12(7)11-6/h1-3H,4,8-9H2. The van der Waals surface area contributed by atoms with E-state index in [1.165, 1.54) is 0 Å². The molecule has 5 nitrogen and oxygen atoms in total. The highest BCUT2D eigenvalue weighted by molar-refractivity contribution is 5.45. The Morgan fingerprint density at radius 2 is 2.25 bits per heavy atom. The van der Waals surface area contributed by atoms with Gasteiger partial charge >= 0.3 is 0 Å². The quantitative estimate of drug-likeness (QED) is 0.608. The van der Waals surface area contributed by atoms with E-state index in [1.807, 2.05) is 12.1 Å². The van der Waals surface area contributed by atoms with E-state index in [1.54, 1.807) is 10.6 Å². The molecule has 0 aromatic carbocycles. The van der Waals surface area contributed by atoms with Gasteiger partial charge in [-0.25, -0.2) is 4.98 Å². The predicted octanol–water partition coefficient (Wildman–Crippen LogP) is -0.230. The molecule has 0 amide bonds. The molecule has 0 aliphatic heterocycles. The first-order valence-electron chi connectivity index (χ1n) is 3.61. The fourth-order valence-corrected chi connectivity index (χ4v) is 1.06. The highest BCUT2D eigenvalue weighted by Crippen LogP contribution is 2.06. The Kier molecular flexibility index (Phi) is 1.44. The van der Waals surface area contributed by atoms with Crippen molar-refractivity contribution in [2.24, 2.45) is 5.73 Å². The van der Waals surface area contributed by atoms with Crippen LogP contribution in [0.15, 0.2) is 18.2 Å². The van der Waals surface area contributed by atoms with Crippen LogP contribution in [0.1, 0.15) is 5.82 Å². The van der Waals surface area contributed by atoms with Crippen LogP contribution >= 0.6 is 0 Å². The Labute approximate surface area is 69.0 Å². The van der Waals surface area contributed by atoms with E-state index in [4.69, 9.17) is 11.5 Å². The molecular weight excluding hydrogens is 154 g/mol. The van der Waals surface area contributed by atoms with Crippen molar-refractivity contribution in [3.63, 3.8) is 0 Å². The Balaban J connectivity index is 2.74. The first-order valence-corrected chi connectivity index (χ1v) is 3.61. The van der Waals surface area contributed by atoms with Gasteiger partial charge in [0.15, 0.2) is 11.5 Å². The van der Waals surface area contributed by atoms with Gasteiger partial charge in [-0.2, -0.15) is 4.52 Å². The van der Waals surface area contributed by atoms with Gasteiger partial charge in [0, 0.05) is 0 Å². The van der Waals surface area contributed by atoms with Gasteiger partial charge in [-0.05, 0) is 12.1 Å². The summed E-state index contributed by atoms with van der Waals surface area (Å²) >= 11 is 0. The molecule has 0 aliphatic rings. The summed E-state index contributed by atoms with van der Waals surface area (Å²) in [6.45, 7) is 0.334. The fraction of sp³-hybridized carbons (Fsp3) is 0.143. The second-order valence-electron chi connectivity index (χ2n) is 2.45. The molecule has 0 saturated heterocycles. The van der Waals surface area contributed by atoms with Gasteiger partial charge in [-0.1, -0.05) is 6.07 Å². The molecule has 2 aromatic heterocycles. The third kappa shape index (κ3) is 0.911. The van der Waals surface area contributed by atoms with Crippen LogP contribution in [0.3, 0.4) is 0 Å². The number of fused-ring (bicyclic) bond motifs is 1. The second-order valence-corrected chi connectivity index (χ2v) is 2.45. The molecule has 4 N–H and O–H groups in total. The van der Waals surface area contributed by atoms with Gasteiger partial charge in [0.1, 0.15) is 5.82 Å². The van der Waals surface area contributed by atoms with E-state index < -0.39 is 0 Å². The fourth-order valence-electron chi connectivity index (χ4n) is 1.06. The van der Waals surface area contributed by atoms with Gasteiger partial charge in [0.05, 0.1) is 6.54 Å². The summed E-state index contributed by atoms with van der Waals surface area (Å²) in [5, 5.41) is 4.09. The zero-order valence-electron chi connectivity index (χ0n) is 6.44. The van der Waals surface area contributed by atoms with Crippen molar-refractivity contribution in [3.05, 3.63) is 24.0 Å². The zero-order chi connectivity index (χ0) is 8.55. The lowest BCUT2D eigenvalue weighted by molar-refractivity contribution is 0.875. The Hall–Kier alpha value is -1.62. The lowest BCUT2D eigenvalue weighted by atomic mass is 10.4. The van der Waals surface area contributed by atoms with Crippen LogP contribution in [-0.2, 0) is 6.54 Å². The van der Waals surface area contributed by atoms with E-state index in [2.05, 4.69) is 10.1 Å². The van der Waals surface area contributed by atoms with Crippen LogP contribution in [-0.4, -0.2) is 14.6 Å². The van der Waals surface area contributed by atoms with Crippen molar-refractivity contribution >= 4 is 11.5 Å². The number of rotatable bonds is 1. The molecule has 62 valence electrons. The molecule has 0 spiro atoms. The van der Waals surface area contributed by atoms with E-state index in [-0.39, 0.29) is 0 Å². The summed E-state index contributed by atoms with van der Waals surface area (Å²) in [4.78, 5) is 4.14. The number of nitrogen functional groups attached to an aromatic ring is 1. The van der Waals surface area contributed by atoms with Crippen LogP contribution in [0.4, 0.5) is 5.82 Å². The topological polar surface area (TPSA) is 82.2 Å². The molecule has 12 heavy (non-hydrogen) atoms. The first-order chi connectivity index (χ1) is 5.81. The molecule has 0 aliphatic carbocycles. The SMILES string of the molecule is NCc1nc2cccc(N)n2n1. The minimum atomic E-state index is 0.334. The lowest BCUT2D eigenvalue weighted by Gasteiger charge is -1.93. The van der Waals surface area contributed by atoms with Crippen LogP contribution in [0, 0.1) is 0 Å². The molecule has 2 aromatic rings. The molecular formula is C7H9N5. The van der Waals surface area contributed by atoms with E-state index in [0.29, 0.717) is 18.2 Å². The van der Waals surface area contributed by atoms with Crippen molar-refractivity contribution in [2.45, 2.75) is 6.54 Å². The molecule has 0 radical (unpaired) electrons. The van der Waals surface area contributed by atoms with Gasteiger partial charge < -0.3 is 11.5 Å². The number of nitrogens with zero attached hydrogens (tertiary/aromatic N) is 3. The molecule has 2 rings (SSSR count). The van der Waals surface area contributed by atoms with Crippen LogP contribution in [0.25, 0.3) is 5.65 Å². The summed E-state index contributed by atoms with van der Waals surface area (Å²) in [5.74, 6) is 1.17. The van der Waals surface area contributed by atoms with Gasteiger partial charge in [-0.3, -0.25) is 0 Å². The molecule has 0 unspecified atom stereocenters. The third-order valence-electron chi connectivity index (χ3n) is 1.62. The summed E-state index contributed by atoms with van der Waals surface area (Å²) in [7, 11) is 0. The zero-order valence-corrected chi connectivity index (χ0v) is 6.44. The van der Waals surface area contributed by atoms with Crippen LogP contribution in [0.2, 0.25) is 0 Å². The molecule has 0 fully saturated rings. The van der Waals surface area contributed by atoms with Crippen molar-refractivity contribution < 1.29 is 0 Å². The maximum atomic E-state index is 5.64. The van der Waals surface area contributed by atoms with E-state index in [0.717, 1.165) is 5.65 Å². The lowest BCUT2D eigenvalue weighted by Crippen LogP contribution is -2.00. The minimum absolute atomic E-state index is 0.334. The average Bonchev–Trinajstić information content (AvgIpc) is 2.49. The number of hydrogen-bond acceptors (Lipinski definition) is 4. The molecule has 5 heteroatoms. The van der Waals surface area contributed by atoms with Crippen molar-refractivity contribution in [1.82, 2.24) is 14.6 Å². The molecule has 0 saturated carbocycles. The minimum Gasteiger partial charge on any atom is -0.384 e. The van der Waals surface area contributed by atoms with Crippen molar-refractivity contribution in [1.29, 1.82) is 0 Å². The number of anilines is 1. The number of nitrogens with two attached hydrogens (primary N) is 2. The van der Waals surface area contributed by atoms with E-state index in [9.17, 15) is 0 Å². The van der Waals surface area contributed by atoms with E-state index >= 15 is 0 Å². The Morgan fingerprint density at radius 1 is 1.42 bits per heavy atom. The van der Waals surface area contributed by atoms with Crippen molar-refractivity contribution in [3.8, 4) is 0 Å². The maximum absolute atomic E-state index is 5.64. The monoisotopic (exact) mass is 163 g/mol. The van der Waals surface area contributed by atoms with Gasteiger partial charge in [0.25, 0.3) is 0 Å². The number of aromatic nitrogens is 3. The summed E-state index contributed by atoms with van der Waals surface area (Å²) in [5.41, 5.74) is 11.8. The smallest absolute Gasteiger partial charge is 0.165 e. The summed E-state index contributed by atoms with van der Waals surface area (Å²) in [6, 6.07) is 5.43. The third-order valence-corrected chi connectivity index (χ3v) is 1.62. The maximum Gasteiger partial charge on any atom is 0.165 e. The molecule has 2 heterocycles. The number of pyridine rings is 1. The predicted molar refractivity (Wildman–Crippen MR) is 45.3 cm³/mol. The first kappa shape index (κ1) is 7.05. The summed E-state index contributed by atoms with van der Waals surface area (Å²) in [6.07, 6.45) is 0. The average molecular weight is 163 g/mol. The highest BCUT2D eigenvalue weighted by Gasteiger charge is 2.01. The molecule has 0 atom stereocenters. The number of hydrogen-bond donors (Lipinski definition) is 2. The highest BCUT2D eigenvalue weighted by atomic mass is 15.3. The van der Waals surface area contributed by atoms with Gasteiger partial charge in [-0.15, -0.1) is 5.10 Å². The largest absolute Gasteiger partial charge is 0.384 e.